The van der Waals surface area contributed by atoms with Gasteiger partial charge in [0.2, 0.25) is 0 Å². The van der Waals surface area contributed by atoms with Crippen molar-refractivity contribution in [3.8, 4) is 0 Å². The highest BCUT2D eigenvalue weighted by Gasteiger charge is 2.47. The fourth-order valence-corrected chi connectivity index (χ4v) is 5.69. The molecule has 0 aromatic heterocycles. The Labute approximate surface area is 147 Å². The van der Waals surface area contributed by atoms with E-state index >= 15 is 0 Å². The van der Waals surface area contributed by atoms with Gasteiger partial charge in [-0.15, -0.1) is 0 Å². The van der Waals surface area contributed by atoms with Crippen LogP contribution in [0.3, 0.4) is 0 Å². The normalized spacial score (nSPS) is 15.4. The molecule has 1 unspecified atom stereocenters. The molecule has 8 heteroatoms. The molecule has 0 radical (unpaired) electrons. The van der Waals surface area contributed by atoms with E-state index in [4.69, 9.17) is 9.79 Å². The molecule has 6 nitrogen and oxygen atoms in total. The molecule has 0 amide bonds. The summed E-state index contributed by atoms with van der Waals surface area (Å²) in [6.45, 7) is 5.87. The number of hydrogen-bond donors (Lipinski definition) is 3. The minimum Gasteiger partial charge on any atom is -0.324 e. The van der Waals surface area contributed by atoms with E-state index in [-0.39, 0.29) is 0 Å². The molecule has 0 bridgehead atoms. The average Bonchev–Trinajstić information content (AvgIpc) is 2.44. The summed E-state index contributed by atoms with van der Waals surface area (Å²) in [5.74, 6) is 0. The molecule has 0 fully saturated rings. The van der Waals surface area contributed by atoms with Gasteiger partial charge in [-0.2, -0.15) is 0 Å². The van der Waals surface area contributed by atoms with E-state index in [1.54, 1.807) is 6.92 Å². The van der Waals surface area contributed by atoms with E-state index in [0.717, 1.165) is 64.2 Å². The van der Waals surface area contributed by atoms with Crippen molar-refractivity contribution in [1.29, 1.82) is 0 Å². The van der Waals surface area contributed by atoms with Gasteiger partial charge in [0.1, 0.15) is 0 Å². The SMILES string of the molecule is CCCCCCCC(C)(CCCCCCC)P(=O)(O)OP(=O)(O)O. The van der Waals surface area contributed by atoms with Crippen molar-refractivity contribution in [1.82, 2.24) is 0 Å². The molecule has 146 valence electrons. The zero-order chi connectivity index (χ0) is 18.7. The summed E-state index contributed by atoms with van der Waals surface area (Å²) in [6, 6.07) is 0. The lowest BCUT2D eigenvalue weighted by Gasteiger charge is -2.33. The van der Waals surface area contributed by atoms with E-state index in [1.807, 2.05) is 0 Å². The highest BCUT2D eigenvalue weighted by atomic mass is 31.3. The lowest BCUT2D eigenvalue weighted by Crippen LogP contribution is -2.26. The zero-order valence-corrected chi connectivity index (χ0v) is 17.2. The highest BCUT2D eigenvalue weighted by Crippen LogP contribution is 2.67. The van der Waals surface area contributed by atoms with Gasteiger partial charge in [-0.1, -0.05) is 78.1 Å². The highest BCUT2D eigenvalue weighted by molar-refractivity contribution is 7.64. The summed E-state index contributed by atoms with van der Waals surface area (Å²) in [4.78, 5) is 28.1. The molecule has 0 aliphatic carbocycles. The standard InChI is InChI=1S/C16H36O6P2/c1-4-6-8-10-12-14-16(3,15-13-11-9-7-5-2)23(17,18)22-24(19,20)21/h4-15H2,1-3H3,(H,17,18)(H2,19,20,21). The van der Waals surface area contributed by atoms with Crippen molar-refractivity contribution in [3.05, 3.63) is 0 Å². The molecule has 0 spiro atoms. The van der Waals surface area contributed by atoms with Gasteiger partial charge in [-0.25, -0.2) is 8.88 Å². The van der Waals surface area contributed by atoms with E-state index in [2.05, 4.69) is 18.2 Å². The van der Waals surface area contributed by atoms with E-state index in [0.29, 0.717) is 12.8 Å². The monoisotopic (exact) mass is 386 g/mol. The summed E-state index contributed by atoms with van der Waals surface area (Å²) in [5.41, 5.74) is 0. The van der Waals surface area contributed by atoms with Crippen LogP contribution in [-0.2, 0) is 13.4 Å². The van der Waals surface area contributed by atoms with Gasteiger partial charge in [0.15, 0.2) is 0 Å². The van der Waals surface area contributed by atoms with Gasteiger partial charge in [0.05, 0.1) is 5.16 Å². The van der Waals surface area contributed by atoms with Crippen LogP contribution < -0.4 is 0 Å². The Balaban J connectivity index is 4.78. The van der Waals surface area contributed by atoms with Crippen LogP contribution in [0, 0.1) is 0 Å². The fraction of sp³-hybridized carbons (Fsp3) is 1.00. The molecular formula is C16H36O6P2. The average molecular weight is 386 g/mol. The van der Waals surface area contributed by atoms with E-state index in [1.165, 1.54) is 0 Å². The van der Waals surface area contributed by atoms with Crippen molar-refractivity contribution < 1.29 is 28.1 Å². The molecule has 0 aromatic rings. The number of phosphoric acid groups is 1. The summed E-state index contributed by atoms with van der Waals surface area (Å²) >= 11 is 0. The second-order valence-electron chi connectivity index (χ2n) is 6.92. The first-order valence-electron chi connectivity index (χ1n) is 9.18. The van der Waals surface area contributed by atoms with Crippen LogP contribution in [0.5, 0.6) is 0 Å². The topological polar surface area (TPSA) is 104 Å². The van der Waals surface area contributed by atoms with Gasteiger partial charge in [-0.3, -0.25) is 4.57 Å². The van der Waals surface area contributed by atoms with Crippen molar-refractivity contribution >= 4 is 15.4 Å². The number of rotatable bonds is 15. The van der Waals surface area contributed by atoms with Crippen LogP contribution >= 0.6 is 15.4 Å². The zero-order valence-electron chi connectivity index (χ0n) is 15.4. The van der Waals surface area contributed by atoms with Gasteiger partial charge < -0.3 is 14.7 Å². The molecule has 0 heterocycles. The molecule has 3 N–H and O–H groups in total. The number of hydrogen-bond acceptors (Lipinski definition) is 3. The van der Waals surface area contributed by atoms with Crippen molar-refractivity contribution in [2.24, 2.45) is 0 Å². The maximum Gasteiger partial charge on any atom is 0.476 e. The maximum atomic E-state index is 12.5. The fourth-order valence-electron chi connectivity index (χ4n) is 2.87. The molecule has 0 saturated carbocycles. The summed E-state index contributed by atoms with van der Waals surface area (Å²) < 4.78 is 27.9. The molecule has 0 aromatic carbocycles. The van der Waals surface area contributed by atoms with Crippen LogP contribution in [0.1, 0.15) is 97.8 Å². The van der Waals surface area contributed by atoms with Crippen LogP contribution in [0.25, 0.3) is 0 Å². The molecular weight excluding hydrogens is 350 g/mol. The molecule has 0 saturated heterocycles. The second-order valence-corrected chi connectivity index (χ2v) is 10.7. The largest absolute Gasteiger partial charge is 0.476 e. The third kappa shape index (κ3) is 10.3. The Morgan fingerprint density at radius 3 is 1.46 bits per heavy atom. The van der Waals surface area contributed by atoms with Crippen LogP contribution in [0.15, 0.2) is 0 Å². The Morgan fingerprint density at radius 1 is 0.750 bits per heavy atom. The first kappa shape index (κ1) is 24.3. The minimum atomic E-state index is -5.00. The quantitative estimate of drug-likeness (QED) is 0.244. The molecule has 24 heavy (non-hydrogen) atoms. The first-order chi connectivity index (χ1) is 11.1. The predicted molar refractivity (Wildman–Crippen MR) is 98.1 cm³/mol. The third-order valence-corrected chi connectivity index (χ3v) is 8.08. The molecule has 0 aliphatic rings. The lowest BCUT2D eigenvalue weighted by atomic mass is 9.95. The van der Waals surface area contributed by atoms with Crippen LogP contribution in [0.2, 0.25) is 0 Å². The van der Waals surface area contributed by atoms with Crippen LogP contribution in [0.4, 0.5) is 0 Å². The van der Waals surface area contributed by atoms with Gasteiger partial charge in [0.25, 0.3) is 0 Å². The van der Waals surface area contributed by atoms with Gasteiger partial charge in [0, 0.05) is 0 Å². The lowest BCUT2D eigenvalue weighted by molar-refractivity contribution is 0.244. The Morgan fingerprint density at radius 2 is 1.12 bits per heavy atom. The van der Waals surface area contributed by atoms with Gasteiger partial charge in [-0.05, 0) is 19.8 Å². The van der Waals surface area contributed by atoms with E-state index in [9.17, 15) is 14.0 Å². The first-order valence-corrected chi connectivity index (χ1v) is 12.3. The van der Waals surface area contributed by atoms with Crippen molar-refractivity contribution in [2.75, 3.05) is 0 Å². The van der Waals surface area contributed by atoms with Gasteiger partial charge >= 0.3 is 15.4 Å². The Hall–Kier alpha value is 0.300. The molecule has 1 atom stereocenters. The smallest absolute Gasteiger partial charge is 0.324 e. The molecule has 0 aliphatic heterocycles. The summed E-state index contributed by atoms with van der Waals surface area (Å²) in [5, 5.41) is -1.10. The van der Waals surface area contributed by atoms with E-state index < -0.39 is 20.6 Å². The van der Waals surface area contributed by atoms with Crippen LogP contribution in [-0.4, -0.2) is 19.8 Å². The third-order valence-electron chi connectivity index (χ3n) is 4.54. The number of unbranched alkanes of at least 4 members (excludes halogenated alkanes) is 8. The predicted octanol–water partition coefficient (Wildman–Crippen LogP) is 5.76. The maximum absolute atomic E-state index is 12.5. The van der Waals surface area contributed by atoms with Crippen molar-refractivity contribution in [2.45, 2.75) is 103 Å². The summed E-state index contributed by atoms with van der Waals surface area (Å²) in [7, 11) is -9.41. The van der Waals surface area contributed by atoms with Crippen molar-refractivity contribution in [3.63, 3.8) is 0 Å². The minimum absolute atomic E-state index is 0.443. The summed E-state index contributed by atoms with van der Waals surface area (Å²) in [6.07, 6.45) is 11.0. The second kappa shape index (κ2) is 11.8. The Bertz CT molecular complexity index is 407. The Kier molecular flexibility index (Phi) is 12.0. The molecule has 0 rings (SSSR count).